The highest BCUT2D eigenvalue weighted by molar-refractivity contribution is 5.74. The quantitative estimate of drug-likeness (QED) is 0.706. The Balaban J connectivity index is 2.16. The van der Waals surface area contributed by atoms with Gasteiger partial charge in [-0.2, -0.15) is 0 Å². The molecule has 2 heterocycles. The lowest BCUT2D eigenvalue weighted by Gasteiger charge is -2.19. The number of rotatable bonds is 2. The molecule has 1 aliphatic heterocycles. The number of hydrogen-bond acceptors (Lipinski definition) is 4. The molecule has 1 aromatic rings. The molecule has 0 spiro atoms. The Kier molecular flexibility index (Phi) is 2.44. The first kappa shape index (κ1) is 8.74. The molecule has 0 unspecified atom stereocenters. The molecule has 72 valence electrons. The lowest BCUT2D eigenvalue weighted by Crippen LogP contribution is -2.18. The second-order valence-corrected chi connectivity index (χ2v) is 2.84. The maximum atomic E-state index is 4.98. The van der Waals surface area contributed by atoms with Crippen LogP contribution in [0.1, 0.15) is 0 Å². The smallest absolute Gasteiger partial charge is 0.213 e. The predicted octanol–water partition coefficient (Wildman–Crippen LogP) is 1.45. The summed E-state index contributed by atoms with van der Waals surface area (Å²) < 4.78 is 4.98. The average Bonchev–Trinajstić information content (AvgIpc) is 2.30. The number of ether oxygens (including phenoxy) is 1. The number of pyridine rings is 1. The fourth-order valence-corrected chi connectivity index (χ4v) is 1.22. The van der Waals surface area contributed by atoms with E-state index >= 15 is 0 Å². The van der Waals surface area contributed by atoms with Crippen LogP contribution in [-0.4, -0.2) is 25.0 Å². The lowest BCUT2D eigenvalue weighted by atomic mass is 10.3. The largest absolute Gasteiger partial charge is 0.481 e. The number of hydrogen-bond donors (Lipinski definition) is 0. The molecule has 1 aliphatic rings. The van der Waals surface area contributed by atoms with Gasteiger partial charge in [0, 0.05) is 18.5 Å². The van der Waals surface area contributed by atoms with E-state index in [-0.39, 0.29) is 0 Å². The zero-order valence-corrected chi connectivity index (χ0v) is 7.92. The zero-order valence-electron chi connectivity index (χ0n) is 7.92. The van der Waals surface area contributed by atoms with Crippen LogP contribution in [0.2, 0.25) is 0 Å². The highest BCUT2D eigenvalue weighted by Crippen LogP contribution is 2.17. The number of anilines is 1. The molecule has 4 heteroatoms. The second kappa shape index (κ2) is 3.91. The SMILES string of the molecule is COc1ccc(N2C=CC=NC2)cn1. The molecule has 2 rings (SSSR count). The summed E-state index contributed by atoms with van der Waals surface area (Å²) in [7, 11) is 1.60. The Morgan fingerprint density at radius 3 is 2.93 bits per heavy atom. The minimum Gasteiger partial charge on any atom is -0.481 e. The van der Waals surface area contributed by atoms with E-state index in [9.17, 15) is 0 Å². The van der Waals surface area contributed by atoms with Gasteiger partial charge < -0.3 is 9.64 Å². The van der Waals surface area contributed by atoms with Gasteiger partial charge in [-0.1, -0.05) is 0 Å². The molecular formula is C10H11N3O. The van der Waals surface area contributed by atoms with Gasteiger partial charge in [0.15, 0.2) is 0 Å². The van der Waals surface area contributed by atoms with Crippen molar-refractivity contribution in [3.8, 4) is 5.88 Å². The predicted molar refractivity (Wildman–Crippen MR) is 55.8 cm³/mol. The van der Waals surface area contributed by atoms with E-state index in [4.69, 9.17) is 4.74 Å². The normalized spacial score (nSPS) is 14.5. The van der Waals surface area contributed by atoms with Crippen LogP contribution in [-0.2, 0) is 0 Å². The summed E-state index contributed by atoms with van der Waals surface area (Å²) in [6.45, 7) is 0.643. The van der Waals surface area contributed by atoms with Crippen molar-refractivity contribution in [1.82, 2.24) is 4.98 Å². The van der Waals surface area contributed by atoms with Gasteiger partial charge in [0.2, 0.25) is 5.88 Å². The second-order valence-electron chi connectivity index (χ2n) is 2.84. The van der Waals surface area contributed by atoms with E-state index in [1.165, 1.54) is 0 Å². The molecule has 4 nitrogen and oxygen atoms in total. The van der Waals surface area contributed by atoms with Gasteiger partial charge in [-0.15, -0.1) is 0 Å². The Hall–Kier alpha value is -1.84. The Morgan fingerprint density at radius 1 is 1.43 bits per heavy atom. The minimum atomic E-state index is 0.623. The first-order valence-corrected chi connectivity index (χ1v) is 4.33. The van der Waals surface area contributed by atoms with Gasteiger partial charge in [-0.25, -0.2) is 4.98 Å². The van der Waals surface area contributed by atoms with Crippen molar-refractivity contribution < 1.29 is 4.74 Å². The Morgan fingerprint density at radius 2 is 2.36 bits per heavy atom. The van der Waals surface area contributed by atoms with Crippen LogP contribution in [0.25, 0.3) is 0 Å². The third-order valence-electron chi connectivity index (χ3n) is 1.95. The van der Waals surface area contributed by atoms with Crippen LogP contribution in [0.4, 0.5) is 5.69 Å². The summed E-state index contributed by atoms with van der Waals surface area (Å²) in [6.07, 6.45) is 7.42. The van der Waals surface area contributed by atoms with Gasteiger partial charge in [0.1, 0.15) is 6.67 Å². The maximum absolute atomic E-state index is 4.98. The van der Waals surface area contributed by atoms with Crippen molar-refractivity contribution in [2.24, 2.45) is 4.99 Å². The molecule has 0 bridgehead atoms. The van der Waals surface area contributed by atoms with Crippen LogP contribution in [0.15, 0.2) is 35.6 Å². The van der Waals surface area contributed by atoms with Crippen molar-refractivity contribution in [2.75, 3.05) is 18.7 Å². The zero-order chi connectivity index (χ0) is 9.80. The summed E-state index contributed by atoms with van der Waals surface area (Å²) in [6, 6.07) is 3.79. The number of aromatic nitrogens is 1. The van der Waals surface area contributed by atoms with Crippen LogP contribution in [0.3, 0.4) is 0 Å². The molecule has 0 aromatic carbocycles. The lowest BCUT2D eigenvalue weighted by molar-refractivity contribution is 0.398. The number of aliphatic imine (C=N–C) groups is 1. The third kappa shape index (κ3) is 1.74. The molecule has 0 radical (unpaired) electrons. The van der Waals surface area contributed by atoms with Gasteiger partial charge in [-0.3, -0.25) is 4.99 Å². The standard InChI is InChI=1S/C10H11N3O/c1-14-10-4-3-9(7-12-10)13-6-2-5-11-8-13/h2-7H,8H2,1H3. The highest BCUT2D eigenvalue weighted by Gasteiger charge is 2.04. The van der Waals surface area contributed by atoms with Crippen molar-refractivity contribution in [1.29, 1.82) is 0 Å². The summed E-state index contributed by atoms with van der Waals surface area (Å²) in [5.74, 6) is 0.623. The van der Waals surface area contributed by atoms with Gasteiger partial charge in [0.25, 0.3) is 0 Å². The Bertz CT molecular complexity index is 356. The summed E-state index contributed by atoms with van der Waals surface area (Å²) in [5, 5.41) is 0. The number of nitrogens with zero attached hydrogens (tertiary/aromatic N) is 3. The average molecular weight is 189 g/mol. The molecule has 0 N–H and O–H groups in total. The third-order valence-corrected chi connectivity index (χ3v) is 1.95. The highest BCUT2D eigenvalue weighted by atomic mass is 16.5. The van der Waals surface area contributed by atoms with Gasteiger partial charge >= 0.3 is 0 Å². The van der Waals surface area contributed by atoms with E-state index < -0.39 is 0 Å². The molecule has 0 saturated heterocycles. The van der Waals surface area contributed by atoms with Crippen molar-refractivity contribution in [3.05, 3.63) is 30.6 Å². The van der Waals surface area contributed by atoms with E-state index in [0.29, 0.717) is 12.5 Å². The number of allylic oxidation sites excluding steroid dienone is 1. The van der Waals surface area contributed by atoms with E-state index in [1.54, 1.807) is 19.5 Å². The summed E-state index contributed by atoms with van der Waals surface area (Å²) in [4.78, 5) is 10.3. The molecule has 0 fully saturated rings. The monoisotopic (exact) mass is 189 g/mol. The fraction of sp³-hybridized carbons (Fsp3) is 0.200. The van der Waals surface area contributed by atoms with Crippen LogP contribution in [0, 0.1) is 0 Å². The molecular weight excluding hydrogens is 178 g/mol. The van der Waals surface area contributed by atoms with Gasteiger partial charge in [0.05, 0.1) is 19.0 Å². The molecule has 0 aliphatic carbocycles. The molecule has 0 atom stereocenters. The molecule has 0 amide bonds. The van der Waals surface area contributed by atoms with Crippen LogP contribution < -0.4 is 9.64 Å². The molecule has 1 aromatic heterocycles. The maximum Gasteiger partial charge on any atom is 0.213 e. The topological polar surface area (TPSA) is 37.7 Å². The fourth-order valence-electron chi connectivity index (χ4n) is 1.22. The first-order chi connectivity index (χ1) is 6.90. The van der Waals surface area contributed by atoms with Crippen molar-refractivity contribution in [2.45, 2.75) is 0 Å². The number of methoxy groups -OCH3 is 1. The van der Waals surface area contributed by atoms with E-state index in [1.807, 2.05) is 29.3 Å². The van der Waals surface area contributed by atoms with Crippen LogP contribution in [0.5, 0.6) is 5.88 Å². The first-order valence-electron chi connectivity index (χ1n) is 4.33. The van der Waals surface area contributed by atoms with E-state index in [0.717, 1.165) is 5.69 Å². The van der Waals surface area contributed by atoms with E-state index in [2.05, 4.69) is 9.98 Å². The summed E-state index contributed by atoms with van der Waals surface area (Å²) in [5.41, 5.74) is 1.01. The van der Waals surface area contributed by atoms with Crippen LogP contribution >= 0.6 is 0 Å². The molecule has 0 saturated carbocycles. The van der Waals surface area contributed by atoms with Crippen molar-refractivity contribution >= 4 is 11.9 Å². The van der Waals surface area contributed by atoms with Gasteiger partial charge in [-0.05, 0) is 12.1 Å². The Labute approximate surface area is 82.5 Å². The van der Waals surface area contributed by atoms with Crippen molar-refractivity contribution in [3.63, 3.8) is 0 Å². The minimum absolute atomic E-state index is 0.623. The molecule has 14 heavy (non-hydrogen) atoms. The summed E-state index contributed by atoms with van der Waals surface area (Å²) >= 11 is 0.